The molecule has 1 saturated heterocycles. The standard InChI is InChI=1S/C22H22B4ClF2N3O4/c23-16-12(22(25,26)31-20(36)21(28,29)10-1-3-11(27)4-2-10)7-9-8-32(19(35)15(9)17(16)24)13-5-6-14(33)30-18(13)34/h1-4,7,13H,5-6,8,23-26H2,(H,31,36)(H,30,33,34). The first-order valence-corrected chi connectivity index (χ1v) is 11.9. The van der Waals surface area contributed by atoms with Gasteiger partial charge in [-0.15, -0.1) is 0 Å². The molecule has 1 unspecified atom stereocenters. The first-order valence-electron chi connectivity index (χ1n) is 11.5. The van der Waals surface area contributed by atoms with Crippen LogP contribution in [0.4, 0.5) is 8.78 Å². The zero-order chi connectivity index (χ0) is 26.6. The summed E-state index contributed by atoms with van der Waals surface area (Å²) in [5.74, 6) is -6.46. The van der Waals surface area contributed by atoms with E-state index in [-0.39, 0.29) is 36.2 Å². The minimum absolute atomic E-state index is 0.138. The van der Waals surface area contributed by atoms with Gasteiger partial charge in [-0.25, -0.2) is 0 Å². The molecule has 14 heteroatoms. The third kappa shape index (κ3) is 4.45. The van der Waals surface area contributed by atoms with Gasteiger partial charge in [0.05, 0.1) is 0 Å². The minimum Gasteiger partial charge on any atom is -0.357 e. The zero-order valence-corrected chi connectivity index (χ0v) is 21.1. The summed E-state index contributed by atoms with van der Waals surface area (Å²) in [4.78, 5) is 51.3. The average molecular weight is 509 g/mol. The van der Waals surface area contributed by atoms with Crippen molar-refractivity contribution in [3.63, 3.8) is 0 Å². The summed E-state index contributed by atoms with van der Waals surface area (Å²) in [6.45, 7) is 0.138. The van der Waals surface area contributed by atoms with Crippen molar-refractivity contribution in [1.82, 2.24) is 15.5 Å². The van der Waals surface area contributed by atoms with Gasteiger partial charge in [0.1, 0.15) is 37.4 Å². The van der Waals surface area contributed by atoms with E-state index in [1.54, 1.807) is 37.5 Å². The molecule has 0 aliphatic carbocycles. The molecule has 0 saturated carbocycles. The lowest BCUT2D eigenvalue weighted by Crippen LogP contribution is -2.55. The monoisotopic (exact) mass is 509 g/mol. The number of benzene rings is 2. The molecule has 0 radical (unpaired) electrons. The Bertz CT molecular complexity index is 1310. The molecule has 182 valence electrons. The van der Waals surface area contributed by atoms with Crippen molar-refractivity contribution in [2.24, 2.45) is 0 Å². The summed E-state index contributed by atoms with van der Waals surface area (Å²) in [6.07, 6.45) is 0.372. The van der Waals surface area contributed by atoms with Gasteiger partial charge >= 0.3 is 5.92 Å². The highest BCUT2D eigenvalue weighted by Crippen LogP contribution is 2.31. The maximum absolute atomic E-state index is 14.9. The molecule has 4 amide bonds. The molecule has 0 spiro atoms. The van der Waals surface area contributed by atoms with Gasteiger partial charge in [-0.1, -0.05) is 40.7 Å². The van der Waals surface area contributed by atoms with E-state index in [0.717, 1.165) is 12.1 Å². The first-order chi connectivity index (χ1) is 16.7. The summed E-state index contributed by atoms with van der Waals surface area (Å²) in [5.41, 5.74) is 2.51. The van der Waals surface area contributed by atoms with Gasteiger partial charge in [-0.2, -0.15) is 8.78 Å². The number of halogens is 3. The number of nitrogens with one attached hydrogen (secondary N) is 2. The number of hydrogen-bond acceptors (Lipinski definition) is 4. The van der Waals surface area contributed by atoms with Gasteiger partial charge in [0.15, 0.2) is 0 Å². The first kappa shape index (κ1) is 26.0. The highest BCUT2D eigenvalue weighted by molar-refractivity contribution is 6.53. The Morgan fingerprint density at radius 2 is 1.75 bits per heavy atom. The fourth-order valence-corrected chi connectivity index (χ4v) is 5.03. The van der Waals surface area contributed by atoms with Gasteiger partial charge in [-0.3, -0.25) is 24.5 Å². The largest absolute Gasteiger partial charge is 0.357 e. The molecule has 0 bridgehead atoms. The number of fused-ring (bicyclic) bond motifs is 1. The normalized spacial score (nSPS) is 18.1. The lowest BCUT2D eigenvalue weighted by atomic mass is 9.54. The Morgan fingerprint density at radius 1 is 1.11 bits per heavy atom. The highest BCUT2D eigenvalue weighted by Gasteiger charge is 2.44. The van der Waals surface area contributed by atoms with Crippen molar-refractivity contribution < 1.29 is 28.0 Å². The average Bonchev–Trinajstić information content (AvgIpc) is 3.12. The SMILES string of the molecule is Bc1c(C(B)(B)NC(=O)C(F)(F)c2ccc(Cl)cc2)cc2c(c1B)C(=O)N(C1CCC(=O)NC1=O)C2. The number of nitrogens with zero attached hydrogens (tertiary/aromatic N) is 1. The van der Waals surface area contributed by atoms with E-state index in [4.69, 9.17) is 11.6 Å². The van der Waals surface area contributed by atoms with Crippen molar-refractivity contribution in [2.75, 3.05) is 0 Å². The number of amides is 4. The maximum Gasteiger partial charge on any atom is 0.349 e. The van der Waals surface area contributed by atoms with Crippen molar-refractivity contribution in [3.05, 3.63) is 57.6 Å². The van der Waals surface area contributed by atoms with Crippen LogP contribution in [-0.2, 0) is 32.2 Å². The lowest BCUT2D eigenvalue weighted by Gasteiger charge is -2.32. The predicted molar refractivity (Wildman–Crippen MR) is 141 cm³/mol. The summed E-state index contributed by atoms with van der Waals surface area (Å²) < 4.78 is 29.9. The Morgan fingerprint density at radius 3 is 2.36 bits per heavy atom. The van der Waals surface area contributed by atoms with Crippen LogP contribution in [-0.4, -0.2) is 66.0 Å². The molecule has 2 aromatic rings. The quantitative estimate of drug-likeness (QED) is 0.330. The fourth-order valence-electron chi connectivity index (χ4n) is 4.91. The topological polar surface area (TPSA) is 95.6 Å². The summed E-state index contributed by atoms with van der Waals surface area (Å²) in [7, 11) is 6.75. The Kier molecular flexibility index (Phi) is 6.58. The minimum atomic E-state index is -3.79. The van der Waals surface area contributed by atoms with Crippen LogP contribution in [0.15, 0.2) is 30.3 Å². The molecule has 2 N–H and O–H groups in total. The van der Waals surface area contributed by atoms with Crippen LogP contribution in [0.2, 0.25) is 5.02 Å². The molecule has 0 aromatic heterocycles. The molecule has 2 aliphatic rings. The summed E-state index contributed by atoms with van der Waals surface area (Å²) >= 11 is 5.78. The fraction of sp³-hybridized carbons (Fsp3) is 0.273. The molecule has 2 aliphatic heterocycles. The van der Waals surface area contributed by atoms with Crippen LogP contribution in [0.3, 0.4) is 0 Å². The third-order valence-corrected chi connectivity index (χ3v) is 7.23. The number of imide groups is 1. The van der Waals surface area contributed by atoms with E-state index in [0.29, 0.717) is 27.6 Å². The molecule has 1 fully saturated rings. The summed E-state index contributed by atoms with van der Waals surface area (Å²) in [6, 6.07) is 5.76. The molecule has 36 heavy (non-hydrogen) atoms. The lowest BCUT2D eigenvalue weighted by molar-refractivity contribution is -0.147. The molecular formula is C22H22B4ClF2N3O4. The number of hydrogen-bond donors (Lipinski definition) is 2. The van der Waals surface area contributed by atoms with Gasteiger partial charge in [0.2, 0.25) is 11.8 Å². The van der Waals surface area contributed by atoms with Crippen LogP contribution in [0.1, 0.15) is 39.9 Å². The molecule has 7 nitrogen and oxygen atoms in total. The van der Waals surface area contributed by atoms with Gasteiger partial charge in [-0.05, 0) is 29.7 Å². The molecule has 2 heterocycles. The van der Waals surface area contributed by atoms with Crippen LogP contribution >= 0.6 is 11.6 Å². The number of carbonyl (C=O) groups is 4. The van der Waals surface area contributed by atoms with E-state index < -0.39 is 34.7 Å². The molecule has 1 atom stereocenters. The Balaban J connectivity index is 1.63. The molecule has 4 rings (SSSR count). The van der Waals surface area contributed by atoms with Gasteiger partial charge < -0.3 is 10.2 Å². The van der Waals surface area contributed by atoms with Crippen molar-refractivity contribution >= 4 is 77.5 Å². The van der Waals surface area contributed by atoms with Crippen molar-refractivity contribution in [3.8, 4) is 0 Å². The van der Waals surface area contributed by atoms with Crippen LogP contribution in [0, 0.1) is 0 Å². The number of carbonyl (C=O) groups excluding carboxylic acids is 4. The second-order valence-corrected chi connectivity index (χ2v) is 10.2. The number of alkyl halides is 2. The van der Waals surface area contributed by atoms with E-state index in [1.807, 2.05) is 0 Å². The predicted octanol–water partition coefficient (Wildman–Crippen LogP) is -3.10. The van der Waals surface area contributed by atoms with Gasteiger partial charge in [0.25, 0.3) is 11.8 Å². The van der Waals surface area contributed by atoms with Crippen LogP contribution in [0.25, 0.3) is 0 Å². The third-order valence-electron chi connectivity index (χ3n) is 6.97. The van der Waals surface area contributed by atoms with Gasteiger partial charge in [0, 0.05) is 34.5 Å². The van der Waals surface area contributed by atoms with E-state index in [1.165, 1.54) is 17.0 Å². The van der Waals surface area contributed by atoms with Crippen molar-refractivity contribution in [1.29, 1.82) is 0 Å². The molecule has 2 aromatic carbocycles. The Labute approximate surface area is 215 Å². The number of rotatable bonds is 5. The second-order valence-electron chi connectivity index (χ2n) is 9.77. The van der Waals surface area contributed by atoms with E-state index >= 15 is 0 Å². The summed E-state index contributed by atoms with van der Waals surface area (Å²) in [5, 5.41) is 3.80. The van der Waals surface area contributed by atoms with E-state index in [9.17, 15) is 28.0 Å². The zero-order valence-electron chi connectivity index (χ0n) is 20.3. The maximum atomic E-state index is 14.9. The van der Waals surface area contributed by atoms with Crippen LogP contribution in [0.5, 0.6) is 0 Å². The van der Waals surface area contributed by atoms with Crippen molar-refractivity contribution in [2.45, 2.75) is 36.7 Å². The smallest absolute Gasteiger partial charge is 0.349 e. The molecular weight excluding hydrogens is 487 g/mol. The highest BCUT2D eigenvalue weighted by atomic mass is 35.5. The van der Waals surface area contributed by atoms with Crippen LogP contribution < -0.4 is 21.6 Å². The number of piperidine rings is 1. The second kappa shape index (κ2) is 9.10. The van der Waals surface area contributed by atoms with E-state index in [2.05, 4.69) is 10.6 Å². The Hall–Kier alpha value is -3.07.